The number of non-ortho nitro benzene ring substituents is 2. The van der Waals surface area contributed by atoms with Gasteiger partial charge in [0.25, 0.3) is 11.4 Å². The molecule has 0 spiro atoms. The van der Waals surface area contributed by atoms with Gasteiger partial charge in [0, 0.05) is 36.7 Å². The second-order valence-corrected chi connectivity index (χ2v) is 5.03. The monoisotopic (exact) mass is 356 g/mol. The highest BCUT2D eigenvalue weighted by molar-refractivity contribution is 5.67. The van der Waals surface area contributed by atoms with Crippen LogP contribution in [-0.2, 0) is 0 Å². The Hall–Kier alpha value is -3.82. The first-order valence-corrected chi connectivity index (χ1v) is 7.60. The first kappa shape index (κ1) is 18.5. The van der Waals surface area contributed by atoms with Crippen LogP contribution in [0.1, 0.15) is 12.8 Å². The van der Waals surface area contributed by atoms with E-state index in [0.717, 1.165) is 0 Å². The Kier molecular flexibility index (Phi) is 6.74. The van der Waals surface area contributed by atoms with E-state index in [9.17, 15) is 20.2 Å². The van der Waals surface area contributed by atoms with E-state index in [4.69, 9.17) is 0 Å². The van der Waals surface area contributed by atoms with Gasteiger partial charge in [-0.05, 0) is 37.1 Å². The molecule has 0 fully saturated rings. The maximum absolute atomic E-state index is 10.5. The lowest BCUT2D eigenvalue weighted by molar-refractivity contribution is -0.385. The lowest BCUT2D eigenvalue weighted by Gasteiger charge is -1.99. The number of unbranched alkanes of at least 4 members (excludes halogenated alkanes) is 1. The van der Waals surface area contributed by atoms with E-state index in [1.54, 1.807) is 36.7 Å². The second kappa shape index (κ2) is 9.47. The molecule has 0 heterocycles. The SMILES string of the molecule is O=[N+]([O-])c1ccc(N/N=C\CC/C=N/Nc2ccc([N+](=O)[O-])cc2)cc1. The fraction of sp³-hybridized carbons (Fsp3) is 0.125. The molecule has 0 bridgehead atoms. The molecule has 0 radical (unpaired) electrons. The molecule has 2 aromatic rings. The van der Waals surface area contributed by atoms with E-state index in [1.807, 2.05) is 0 Å². The number of nitro benzene ring substituents is 2. The predicted molar refractivity (Wildman–Crippen MR) is 99.7 cm³/mol. The summed E-state index contributed by atoms with van der Waals surface area (Å²) in [6.07, 6.45) is 4.62. The Morgan fingerprint density at radius 2 is 1.08 bits per heavy atom. The molecule has 26 heavy (non-hydrogen) atoms. The van der Waals surface area contributed by atoms with Gasteiger partial charge in [0.1, 0.15) is 0 Å². The highest BCUT2D eigenvalue weighted by Crippen LogP contribution is 2.16. The quantitative estimate of drug-likeness (QED) is 0.304. The fourth-order valence-electron chi connectivity index (χ4n) is 1.83. The zero-order chi connectivity index (χ0) is 18.8. The average Bonchev–Trinajstić information content (AvgIpc) is 2.64. The summed E-state index contributed by atoms with van der Waals surface area (Å²) in [5, 5.41) is 29.1. The van der Waals surface area contributed by atoms with Gasteiger partial charge in [-0.2, -0.15) is 10.2 Å². The molecule has 134 valence electrons. The van der Waals surface area contributed by atoms with Gasteiger partial charge >= 0.3 is 0 Å². The maximum Gasteiger partial charge on any atom is 0.269 e. The first-order chi connectivity index (χ1) is 12.6. The maximum atomic E-state index is 10.5. The standard InChI is InChI=1S/C16H16N6O4/c23-21(24)15-7-3-13(4-8-15)19-17-11-1-2-12-18-20-14-5-9-16(10-6-14)22(25)26/h3-12,19-20H,1-2H2/b17-11-,18-12+. The summed E-state index contributed by atoms with van der Waals surface area (Å²) in [5.74, 6) is 0. The van der Waals surface area contributed by atoms with Crippen LogP contribution >= 0.6 is 0 Å². The number of nitrogens with zero attached hydrogens (tertiary/aromatic N) is 4. The number of nitro groups is 2. The minimum absolute atomic E-state index is 0.0243. The summed E-state index contributed by atoms with van der Waals surface area (Å²) < 4.78 is 0. The van der Waals surface area contributed by atoms with Gasteiger partial charge in [-0.15, -0.1) is 0 Å². The molecule has 0 saturated heterocycles. The number of hydrogen-bond acceptors (Lipinski definition) is 8. The van der Waals surface area contributed by atoms with Crippen LogP contribution in [0.25, 0.3) is 0 Å². The van der Waals surface area contributed by atoms with Gasteiger partial charge in [0.2, 0.25) is 0 Å². The Labute approximate surface area is 148 Å². The molecule has 0 aliphatic rings. The van der Waals surface area contributed by atoms with Crippen molar-refractivity contribution in [3.63, 3.8) is 0 Å². The molecule has 10 heteroatoms. The van der Waals surface area contributed by atoms with Crippen molar-refractivity contribution < 1.29 is 9.85 Å². The van der Waals surface area contributed by atoms with Crippen LogP contribution < -0.4 is 10.9 Å². The zero-order valence-electron chi connectivity index (χ0n) is 13.6. The molecule has 2 aromatic carbocycles. The van der Waals surface area contributed by atoms with Gasteiger partial charge < -0.3 is 0 Å². The summed E-state index contributed by atoms with van der Waals surface area (Å²) >= 11 is 0. The Morgan fingerprint density at radius 3 is 1.38 bits per heavy atom. The number of hydrogen-bond donors (Lipinski definition) is 2. The first-order valence-electron chi connectivity index (χ1n) is 7.60. The lowest BCUT2D eigenvalue weighted by Crippen LogP contribution is -1.93. The van der Waals surface area contributed by atoms with E-state index in [0.29, 0.717) is 24.2 Å². The van der Waals surface area contributed by atoms with Crippen molar-refractivity contribution in [2.24, 2.45) is 10.2 Å². The molecule has 10 nitrogen and oxygen atoms in total. The Morgan fingerprint density at radius 1 is 0.731 bits per heavy atom. The molecule has 0 amide bonds. The third-order valence-electron chi connectivity index (χ3n) is 3.15. The third kappa shape index (κ3) is 6.00. The molecule has 0 aliphatic carbocycles. The van der Waals surface area contributed by atoms with Crippen molar-refractivity contribution in [1.29, 1.82) is 0 Å². The number of rotatable bonds is 9. The molecule has 0 atom stereocenters. The highest BCUT2D eigenvalue weighted by Gasteiger charge is 2.03. The van der Waals surface area contributed by atoms with Crippen molar-refractivity contribution in [1.82, 2.24) is 0 Å². The zero-order valence-corrected chi connectivity index (χ0v) is 13.6. The minimum atomic E-state index is -0.461. The van der Waals surface area contributed by atoms with Crippen LogP contribution in [0.5, 0.6) is 0 Å². The number of nitrogens with one attached hydrogen (secondary N) is 2. The number of hydrazone groups is 2. The Balaban J connectivity index is 1.66. The lowest BCUT2D eigenvalue weighted by atomic mass is 10.3. The van der Waals surface area contributed by atoms with Gasteiger partial charge in [-0.3, -0.25) is 31.1 Å². The van der Waals surface area contributed by atoms with Crippen molar-refractivity contribution in [3.8, 4) is 0 Å². The van der Waals surface area contributed by atoms with Crippen LogP contribution in [0.4, 0.5) is 22.7 Å². The molecule has 0 aromatic heterocycles. The van der Waals surface area contributed by atoms with Crippen molar-refractivity contribution in [3.05, 3.63) is 68.8 Å². The van der Waals surface area contributed by atoms with Crippen LogP contribution in [0.3, 0.4) is 0 Å². The van der Waals surface area contributed by atoms with E-state index >= 15 is 0 Å². The van der Waals surface area contributed by atoms with Crippen molar-refractivity contribution in [2.75, 3.05) is 10.9 Å². The van der Waals surface area contributed by atoms with E-state index in [-0.39, 0.29) is 11.4 Å². The predicted octanol–water partition coefficient (Wildman–Crippen LogP) is 3.78. The molecule has 2 N–H and O–H groups in total. The van der Waals surface area contributed by atoms with Crippen molar-refractivity contribution in [2.45, 2.75) is 12.8 Å². The molecule has 0 aliphatic heterocycles. The van der Waals surface area contributed by atoms with Gasteiger partial charge in [-0.1, -0.05) is 0 Å². The largest absolute Gasteiger partial charge is 0.279 e. The number of anilines is 2. The molecule has 0 saturated carbocycles. The van der Waals surface area contributed by atoms with E-state index < -0.39 is 9.85 Å². The summed E-state index contributed by atoms with van der Waals surface area (Å²) in [6, 6.07) is 11.9. The van der Waals surface area contributed by atoms with Crippen molar-refractivity contribution >= 4 is 35.2 Å². The van der Waals surface area contributed by atoms with Gasteiger partial charge in [-0.25, -0.2) is 0 Å². The Bertz CT molecular complexity index is 733. The second-order valence-electron chi connectivity index (χ2n) is 5.03. The molecule has 0 unspecified atom stereocenters. The third-order valence-corrected chi connectivity index (χ3v) is 3.15. The smallest absolute Gasteiger partial charge is 0.269 e. The summed E-state index contributed by atoms with van der Waals surface area (Å²) in [7, 11) is 0. The highest BCUT2D eigenvalue weighted by atomic mass is 16.6. The summed E-state index contributed by atoms with van der Waals surface area (Å²) in [6.45, 7) is 0. The fourth-order valence-corrected chi connectivity index (χ4v) is 1.83. The van der Waals surface area contributed by atoms with Gasteiger partial charge in [0.15, 0.2) is 0 Å². The van der Waals surface area contributed by atoms with E-state index in [2.05, 4.69) is 21.1 Å². The topological polar surface area (TPSA) is 135 Å². The van der Waals surface area contributed by atoms with Crippen LogP contribution in [0, 0.1) is 20.2 Å². The normalized spacial score (nSPS) is 10.9. The minimum Gasteiger partial charge on any atom is -0.279 e. The number of benzene rings is 2. The van der Waals surface area contributed by atoms with Crippen LogP contribution in [0.15, 0.2) is 58.7 Å². The van der Waals surface area contributed by atoms with Gasteiger partial charge in [0.05, 0.1) is 21.2 Å². The van der Waals surface area contributed by atoms with Crippen LogP contribution in [-0.4, -0.2) is 22.3 Å². The summed E-state index contributed by atoms with van der Waals surface area (Å²) in [5.41, 5.74) is 6.90. The average molecular weight is 356 g/mol. The molecular weight excluding hydrogens is 340 g/mol. The molecular formula is C16H16N6O4. The molecule has 2 rings (SSSR count). The summed E-state index contributed by atoms with van der Waals surface area (Å²) in [4.78, 5) is 20.2. The van der Waals surface area contributed by atoms with E-state index in [1.165, 1.54) is 24.3 Å². The van der Waals surface area contributed by atoms with Crippen LogP contribution in [0.2, 0.25) is 0 Å².